The first-order valence-electron chi connectivity index (χ1n) is 7.01. The molecule has 1 amide bonds. The Balaban J connectivity index is 1.55. The van der Waals surface area contributed by atoms with E-state index in [2.05, 4.69) is 27.1 Å². The number of nitrogens with one attached hydrogen (secondary N) is 1. The Morgan fingerprint density at radius 2 is 2.20 bits per heavy atom. The number of thiazole rings is 1. The van der Waals surface area contributed by atoms with Gasteiger partial charge in [-0.15, -0.1) is 11.3 Å². The molecule has 0 saturated carbocycles. The number of piperazine rings is 1. The van der Waals surface area contributed by atoms with Crippen LogP contribution in [-0.2, 0) is 11.2 Å². The molecular weight excluding hydrogens is 274 g/mol. The van der Waals surface area contributed by atoms with Crippen molar-refractivity contribution < 1.29 is 4.79 Å². The van der Waals surface area contributed by atoms with E-state index in [0.29, 0.717) is 11.6 Å². The number of nitrogens with two attached hydrogens (primary N) is 1. The van der Waals surface area contributed by atoms with Gasteiger partial charge in [-0.2, -0.15) is 0 Å². The van der Waals surface area contributed by atoms with Crippen LogP contribution in [0.4, 0.5) is 5.13 Å². The summed E-state index contributed by atoms with van der Waals surface area (Å²) in [6.07, 6.45) is 1.32. The van der Waals surface area contributed by atoms with Crippen LogP contribution in [0.3, 0.4) is 0 Å². The highest BCUT2D eigenvalue weighted by atomic mass is 32.1. The molecule has 0 unspecified atom stereocenters. The van der Waals surface area contributed by atoms with Crippen molar-refractivity contribution in [1.29, 1.82) is 0 Å². The van der Waals surface area contributed by atoms with Gasteiger partial charge < -0.3 is 20.9 Å². The number of aromatic nitrogens is 1. The minimum Gasteiger partial charge on any atom is -0.375 e. The molecular formula is C13H23N5OS. The molecule has 20 heavy (non-hydrogen) atoms. The number of likely N-dealkylation sites (N-methyl/N-ethyl adjacent to an activating group) is 1. The molecule has 112 valence electrons. The van der Waals surface area contributed by atoms with E-state index >= 15 is 0 Å². The van der Waals surface area contributed by atoms with Crippen LogP contribution < -0.4 is 11.1 Å². The number of carbonyl (C=O) groups is 1. The van der Waals surface area contributed by atoms with E-state index < -0.39 is 0 Å². The first-order chi connectivity index (χ1) is 9.63. The van der Waals surface area contributed by atoms with Gasteiger partial charge >= 0.3 is 0 Å². The van der Waals surface area contributed by atoms with Crippen molar-refractivity contribution in [2.24, 2.45) is 0 Å². The van der Waals surface area contributed by atoms with Gasteiger partial charge in [0.15, 0.2) is 5.13 Å². The van der Waals surface area contributed by atoms with Crippen molar-refractivity contribution in [2.45, 2.75) is 12.8 Å². The number of hydrogen-bond acceptors (Lipinski definition) is 6. The Kier molecular flexibility index (Phi) is 5.75. The highest BCUT2D eigenvalue weighted by Gasteiger charge is 2.13. The highest BCUT2D eigenvalue weighted by molar-refractivity contribution is 7.13. The number of nitrogen functional groups attached to an aromatic ring is 1. The summed E-state index contributed by atoms with van der Waals surface area (Å²) in [6.45, 7) is 6.31. The number of rotatable bonds is 6. The summed E-state index contributed by atoms with van der Waals surface area (Å²) >= 11 is 1.37. The highest BCUT2D eigenvalue weighted by Crippen LogP contribution is 2.11. The fraction of sp³-hybridized carbons (Fsp3) is 0.692. The van der Waals surface area contributed by atoms with Gasteiger partial charge in [0.1, 0.15) is 0 Å². The fourth-order valence-corrected chi connectivity index (χ4v) is 2.80. The Morgan fingerprint density at radius 1 is 1.45 bits per heavy atom. The topological polar surface area (TPSA) is 74.5 Å². The molecule has 1 aliphatic rings. The van der Waals surface area contributed by atoms with E-state index in [4.69, 9.17) is 5.73 Å². The first kappa shape index (κ1) is 15.2. The van der Waals surface area contributed by atoms with Crippen LogP contribution in [0.5, 0.6) is 0 Å². The lowest BCUT2D eigenvalue weighted by molar-refractivity contribution is -0.120. The second-order valence-electron chi connectivity index (χ2n) is 5.20. The average molecular weight is 297 g/mol. The van der Waals surface area contributed by atoms with Gasteiger partial charge in [-0.1, -0.05) is 0 Å². The lowest BCUT2D eigenvalue weighted by atomic mass is 10.3. The number of carbonyl (C=O) groups excluding carboxylic acids is 1. The van der Waals surface area contributed by atoms with Crippen LogP contribution in [0.15, 0.2) is 5.38 Å². The Hall–Kier alpha value is -1.18. The first-order valence-corrected chi connectivity index (χ1v) is 7.89. The third-order valence-corrected chi connectivity index (χ3v) is 4.20. The third-order valence-electron chi connectivity index (χ3n) is 3.48. The van der Waals surface area contributed by atoms with E-state index in [0.717, 1.165) is 51.4 Å². The quantitative estimate of drug-likeness (QED) is 0.724. The van der Waals surface area contributed by atoms with Crippen LogP contribution in [0.2, 0.25) is 0 Å². The molecule has 0 atom stereocenters. The third kappa shape index (κ3) is 5.07. The van der Waals surface area contributed by atoms with Gasteiger partial charge in [0.2, 0.25) is 5.91 Å². The largest absolute Gasteiger partial charge is 0.375 e. The molecule has 0 aromatic carbocycles. The zero-order valence-electron chi connectivity index (χ0n) is 12.0. The summed E-state index contributed by atoms with van der Waals surface area (Å²) in [6, 6.07) is 0. The van der Waals surface area contributed by atoms with Crippen molar-refractivity contribution in [3.8, 4) is 0 Å². The summed E-state index contributed by atoms with van der Waals surface area (Å²) in [5, 5.41) is 5.29. The summed E-state index contributed by atoms with van der Waals surface area (Å²) in [5.74, 6) is 0.0219. The second-order valence-corrected chi connectivity index (χ2v) is 6.09. The van der Waals surface area contributed by atoms with Crippen LogP contribution in [0.25, 0.3) is 0 Å². The van der Waals surface area contributed by atoms with Gasteiger partial charge in [-0.05, 0) is 20.0 Å². The summed E-state index contributed by atoms with van der Waals surface area (Å²) < 4.78 is 0. The van der Waals surface area contributed by atoms with Gasteiger partial charge in [-0.3, -0.25) is 4.79 Å². The Bertz CT molecular complexity index is 428. The second kappa shape index (κ2) is 7.56. The lowest BCUT2D eigenvalue weighted by Gasteiger charge is -2.32. The van der Waals surface area contributed by atoms with Gasteiger partial charge in [0, 0.05) is 38.1 Å². The lowest BCUT2D eigenvalue weighted by Crippen LogP contribution is -2.45. The maximum Gasteiger partial charge on any atom is 0.226 e. The Morgan fingerprint density at radius 3 is 2.85 bits per heavy atom. The average Bonchev–Trinajstić information content (AvgIpc) is 2.82. The normalized spacial score (nSPS) is 17.2. The predicted octanol–water partition coefficient (Wildman–Crippen LogP) is 0.0215. The molecule has 7 heteroatoms. The zero-order chi connectivity index (χ0) is 14.4. The molecule has 0 spiro atoms. The maximum absolute atomic E-state index is 11.7. The summed E-state index contributed by atoms with van der Waals surface area (Å²) in [5.41, 5.74) is 6.29. The van der Waals surface area contributed by atoms with Crippen molar-refractivity contribution in [3.63, 3.8) is 0 Å². The van der Waals surface area contributed by atoms with Gasteiger partial charge in [-0.25, -0.2) is 4.98 Å². The van der Waals surface area contributed by atoms with Gasteiger partial charge in [0.25, 0.3) is 0 Å². The van der Waals surface area contributed by atoms with Gasteiger partial charge in [0.05, 0.1) is 12.1 Å². The molecule has 2 heterocycles. The van der Waals surface area contributed by atoms with Crippen molar-refractivity contribution in [3.05, 3.63) is 11.1 Å². The zero-order valence-corrected chi connectivity index (χ0v) is 12.8. The molecule has 1 aromatic heterocycles. The molecule has 0 bridgehead atoms. The minimum atomic E-state index is 0.0219. The predicted molar refractivity (Wildman–Crippen MR) is 81.8 cm³/mol. The van der Waals surface area contributed by atoms with Crippen LogP contribution in [0, 0.1) is 0 Å². The smallest absolute Gasteiger partial charge is 0.226 e. The maximum atomic E-state index is 11.7. The molecule has 6 nitrogen and oxygen atoms in total. The number of anilines is 1. The number of hydrogen-bond donors (Lipinski definition) is 2. The van der Waals surface area contributed by atoms with Crippen molar-refractivity contribution in [2.75, 3.05) is 52.0 Å². The van der Waals surface area contributed by atoms with Crippen LogP contribution >= 0.6 is 11.3 Å². The monoisotopic (exact) mass is 297 g/mol. The van der Waals surface area contributed by atoms with Crippen LogP contribution in [-0.4, -0.2) is 67.0 Å². The SMILES string of the molecule is CN1CCN(CCCNC(=O)Cc2csc(N)n2)CC1. The molecule has 1 fully saturated rings. The fourth-order valence-electron chi connectivity index (χ4n) is 2.23. The molecule has 2 rings (SSSR count). The number of amides is 1. The molecule has 1 aliphatic heterocycles. The van der Waals surface area contributed by atoms with E-state index in [9.17, 15) is 4.79 Å². The van der Waals surface area contributed by atoms with Crippen molar-refractivity contribution >= 4 is 22.4 Å². The summed E-state index contributed by atoms with van der Waals surface area (Å²) in [4.78, 5) is 20.6. The molecule has 1 aromatic rings. The van der Waals surface area contributed by atoms with E-state index in [-0.39, 0.29) is 5.91 Å². The molecule has 1 saturated heterocycles. The van der Waals surface area contributed by atoms with Crippen molar-refractivity contribution in [1.82, 2.24) is 20.1 Å². The standard InChI is InChI=1S/C13H23N5OS/c1-17-5-7-18(8-6-17)4-2-3-15-12(19)9-11-10-20-13(14)16-11/h10H,2-9H2,1H3,(H2,14,16)(H,15,19). The summed E-state index contributed by atoms with van der Waals surface area (Å²) in [7, 11) is 2.16. The Labute approximate surface area is 124 Å². The van der Waals surface area contributed by atoms with E-state index in [1.807, 2.05) is 5.38 Å². The molecule has 0 aliphatic carbocycles. The molecule has 3 N–H and O–H groups in total. The number of nitrogens with zero attached hydrogens (tertiary/aromatic N) is 3. The minimum absolute atomic E-state index is 0.0219. The van der Waals surface area contributed by atoms with Crippen LogP contribution in [0.1, 0.15) is 12.1 Å². The molecule has 0 radical (unpaired) electrons. The van der Waals surface area contributed by atoms with E-state index in [1.54, 1.807) is 0 Å². The van der Waals surface area contributed by atoms with E-state index in [1.165, 1.54) is 11.3 Å².